The summed E-state index contributed by atoms with van der Waals surface area (Å²) in [4.78, 5) is 19.5. The van der Waals surface area contributed by atoms with Crippen molar-refractivity contribution < 1.29 is 4.79 Å². The van der Waals surface area contributed by atoms with Gasteiger partial charge in [-0.3, -0.25) is 4.79 Å². The van der Waals surface area contributed by atoms with Crippen LogP contribution in [0.4, 0.5) is 0 Å². The zero-order valence-corrected chi connectivity index (χ0v) is 17.1. The second kappa shape index (κ2) is 9.20. The zero-order valence-electron chi connectivity index (χ0n) is 13.0. The minimum Gasteiger partial charge on any atom is -0.340 e. The van der Waals surface area contributed by atoms with Gasteiger partial charge in [0.15, 0.2) is 0 Å². The summed E-state index contributed by atoms with van der Waals surface area (Å²) in [5, 5.41) is 2.61. The number of aromatic nitrogens is 1. The first kappa shape index (κ1) is 22.6. The van der Waals surface area contributed by atoms with Crippen LogP contribution < -0.4 is 5.73 Å². The first-order valence-electron chi connectivity index (χ1n) is 6.49. The van der Waals surface area contributed by atoms with Crippen molar-refractivity contribution in [2.24, 2.45) is 11.1 Å². The second-order valence-corrected chi connectivity index (χ2v) is 8.24. The molecule has 4 nitrogen and oxygen atoms in total. The smallest absolute Gasteiger partial charge is 0.273 e. The van der Waals surface area contributed by atoms with E-state index in [1.54, 1.807) is 17.3 Å². The molecule has 0 atom stereocenters. The fraction of sp³-hybridized carbons (Fsp3) is 0.429. The molecule has 0 spiro atoms. The Morgan fingerprint density at radius 3 is 2.57 bits per heavy atom. The number of thiophene rings is 1. The first-order chi connectivity index (χ1) is 9.82. The molecule has 2 heterocycles. The number of carbonyl (C=O) groups is 1. The highest BCUT2D eigenvalue weighted by Crippen LogP contribution is 2.33. The van der Waals surface area contributed by atoms with Crippen LogP contribution in [0.25, 0.3) is 9.88 Å². The molecule has 2 rings (SSSR count). The standard InChI is InChI=1S/C14H18ClN3OS2.2ClH/c1-14(2,7-16)8-18(3)13(19)9-6-20-12(17-9)10-4-5-11(15)21-10;;/h4-6H,7-8,16H2,1-3H3;2*1H. The monoisotopic (exact) mass is 415 g/mol. The molecule has 0 aliphatic rings. The van der Waals surface area contributed by atoms with Gasteiger partial charge in [-0.1, -0.05) is 25.4 Å². The summed E-state index contributed by atoms with van der Waals surface area (Å²) in [7, 11) is 1.78. The van der Waals surface area contributed by atoms with Gasteiger partial charge in [0.05, 0.1) is 9.21 Å². The maximum Gasteiger partial charge on any atom is 0.273 e. The SMILES string of the molecule is CN(CC(C)(C)CN)C(=O)c1csc(-c2ccc(Cl)s2)n1.Cl.Cl. The zero-order chi connectivity index (χ0) is 15.6. The van der Waals surface area contributed by atoms with Crippen LogP contribution in [0, 0.1) is 5.41 Å². The summed E-state index contributed by atoms with van der Waals surface area (Å²) < 4.78 is 0.717. The molecular weight excluding hydrogens is 397 g/mol. The van der Waals surface area contributed by atoms with Crippen molar-refractivity contribution in [3.05, 3.63) is 27.5 Å². The first-order valence-corrected chi connectivity index (χ1v) is 8.56. The van der Waals surface area contributed by atoms with E-state index >= 15 is 0 Å². The average Bonchev–Trinajstić information content (AvgIpc) is 3.05. The summed E-state index contributed by atoms with van der Waals surface area (Å²) in [6, 6.07) is 3.75. The van der Waals surface area contributed by atoms with Crippen molar-refractivity contribution in [3.8, 4) is 9.88 Å². The van der Waals surface area contributed by atoms with E-state index in [-0.39, 0.29) is 36.1 Å². The van der Waals surface area contributed by atoms with Gasteiger partial charge < -0.3 is 10.6 Å². The number of thiazole rings is 1. The number of halogens is 3. The maximum atomic E-state index is 12.4. The molecule has 9 heteroatoms. The normalized spacial score (nSPS) is 10.7. The van der Waals surface area contributed by atoms with Gasteiger partial charge in [-0.05, 0) is 24.1 Å². The van der Waals surface area contributed by atoms with Crippen LogP contribution in [-0.2, 0) is 0 Å². The predicted molar refractivity (Wildman–Crippen MR) is 105 cm³/mol. The number of rotatable bonds is 5. The lowest BCUT2D eigenvalue weighted by molar-refractivity contribution is 0.0735. The molecule has 0 saturated heterocycles. The van der Waals surface area contributed by atoms with E-state index in [2.05, 4.69) is 4.98 Å². The molecule has 23 heavy (non-hydrogen) atoms. The molecule has 1 amide bonds. The van der Waals surface area contributed by atoms with Crippen molar-refractivity contribution in [2.45, 2.75) is 13.8 Å². The van der Waals surface area contributed by atoms with Crippen LogP contribution in [0.15, 0.2) is 17.5 Å². The summed E-state index contributed by atoms with van der Waals surface area (Å²) in [6.45, 7) is 5.20. The largest absolute Gasteiger partial charge is 0.340 e. The lowest BCUT2D eigenvalue weighted by Gasteiger charge is -2.28. The number of amides is 1. The van der Waals surface area contributed by atoms with Crippen LogP contribution in [0.1, 0.15) is 24.3 Å². The van der Waals surface area contributed by atoms with Crippen LogP contribution >= 0.6 is 59.1 Å². The molecule has 0 fully saturated rings. The summed E-state index contributed by atoms with van der Waals surface area (Å²) in [5.41, 5.74) is 6.07. The van der Waals surface area contributed by atoms with E-state index in [1.807, 2.05) is 26.0 Å². The number of hydrogen-bond acceptors (Lipinski definition) is 5. The van der Waals surface area contributed by atoms with E-state index < -0.39 is 0 Å². The molecular formula is C14H20Cl3N3OS2. The predicted octanol–water partition coefficient (Wildman–Crippen LogP) is 4.43. The highest BCUT2D eigenvalue weighted by Gasteiger charge is 2.23. The van der Waals surface area contributed by atoms with Gasteiger partial charge in [-0.25, -0.2) is 4.98 Å². The summed E-state index contributed by atoms with van der Waals surface area (Å²) in [6.07, 6.45) is 0. The van der Waals surface area contributed by atoms with Crippen LogP contribution in [-0.4, -0.2) is 35.9 Å². The Morgan fingerprint density at radius 1 is 1.39 bits per heavy atom. The number of hydrogen-bond donors (Lipinski definition) is 1. The Bertz CT molecular complexity index is 643. The third-order valence-electron chi connectivity index (χ3n) is 3.07. The Labute approximate surface area is 161 Å². The summed E-state index contributed by atoms with van der Waals surface area (Å²) in [5.74, 6) is -0.0818. The van der Waals surface area contributed by atoms with Gasteiger partial charge in [-0.15, -0.1) is 47.5 Å². The lowest BCUT2D eigenvalue weighted by atomic mass is 9.93. The van der Waals surface area contributed by atoms with Crippen LogP contribution in [0.5, 0.6) is 0 Å². The molecule has 0 saturated carbocycles. The Morgan fingerprint density at radius 2 is 2.04 bits per heavy atom. The Kier molecular flexibility index (Phi) is 9.05. The molecule has 2 aromatic rings. The van der Waals surface area contributed by atoms with Gasteiger partial charge >= 0.3 is 0 Å². The Balaban J connectivity index is 0.00000242. The third kappa shape index (κ3) is 5.89. The molecule has 0 bridgehead atoms. The van der Waals surface area contributed by atoms with Crippen molar-refractivity contribution in [1.29, 1.82) is 0 Å². The highest BCUT2D eigenvalue weighted by molar-refractivity contribution is 7.23. The van der Waals surface area contributed by atoms with Crippen molar-refractivity contribution in [1.82, 2.24) is 9.88 Å². The molecule has 0 radical (unpaired) electrons. The Hall–Kier alpha value is -0.370. The molecule has 2 aromatic heterocycles. The van der Waals surface area contributed by atoms with E-state index in [4.69, 9.17) is 17.3 Å². The quantitative estimate of drug-likeness (QED) is 0.784. The van der Waals surface area contributed by atoms with Crippen LogP contribution in [0.3, 0.4) is 0 Å². The van der Waals surface area contributed by atoms with Gasteiger partial charge in [0.25, 0.3) is 5.91 Å². The molecule has 0 unspecified atom stereocenters. The van der Waals surface area contributed by atoms with Gasteiger partial charge in [0, 0.05) is 19.0 Å². The second-order valence-electron chi connectivity index (χ2n) is 5.67. The van der Waals surface area contributed by atoms with Crippen molar-refractivity contribution in [2.75, 3.05) is 20.1 Å². The van der Waals surface area contributed by atoms with E-state index in [9.17, 15) is 4.79 Å². The minimum atomic E-state index is -0.107. The highest BCUT2D eigenvalue weighted by atomic mass is 35.5. The number of nitrogens with two attached hydrogens (primary N) is 1. The van der Waals surface area contributed by atoms with Crippen molar-refractivity contribution in [3.63, 3.8) is 0 Å². The lowest BCUT2D eigenvalue weighted by Crippen LogP contribution is -2.39. The summed E-state index contributed by atoms with van der Waals surface area (Å²) >= 11 is 8.84. The molecule has 0 aromatic carbocycles. The minimum absolute atomic E-state index is 0. The third-order valence-corrected chi connectivity index (χ3v) is 5.31. The van der Waals surface area contributed by atoms with Gasteiger partial charge in [-0.2, -0.15) is 0 Å². The van der Waals surface area contributed by atoms with Crippen LogP contribution in [0.2, 0.25) is 4.34 Å². The molecule has 0 aliphatic heterocycles. The molecule has 2 N–H and O–H groups in total. The fourth-order valence-corrected chi connectivity index (χ4v) is 3.80. The average molecular weight is 417 g/mol. The van der Waals surface area contributed by atoms with E-state index in [0.29, 0.717) is 18.8 Å². The van der Waals surface area contributed by atoms with Crippen molar-refractivity contribution >= 4 is 65.0 Å². The molecule has 0 aliphatic carbocycles. The van der Waals surface area contributed by atoms with Gasteiger partial charge in [0.2, 0.25) is 0 Å². The fourth-order valence-electron chi connectivity index (χ4n) is 1.89. The number of carbonyl (C=O) groups excluding carboxylic acids is 1. The topological polar surface area (TPSA) is 59.2 Å². The maximum absolute atomic E-state index is 12.4. The number of nitrogens with zero attached hydrogens (tertiary/aromatic N) is 2. The van der Waals surface area contributed by atoms with E-state index in [0.717, 1.165) is 14.2 Å². The van der Waals surface area contributed by atoms with E-state index in [1.165, 1.54) is 22.7 Å². The molecule has 130 valence electrons. The van der Waals surface area contributed by atoms with Gasteiger partial charge in [0.1, 0.15) is 10.7 Å².